The molecule has 0 radical (unpaired) electrons. The van der Waals surface area contributed by atoms with Crippen LogP contribution in [-0.4, -0.2) is 11.4 Å². The Balaban J connectivity index is 1.93. The Bertz CT molecular complexity index is 956. The summed E-state index contributed by atoms with van der Waals surface area (Å²) in [6.07, 6.45) is 8.02. The van der Waals surface area contributed by atoms with E-state index in [2.05, 4.69) is 9.98 Å². The summed E-state index contributed by atoms with van der Waals surface area (Å²) in [5, 5.41) is 18.7. The van der Waals surface area contributed by atoms with Gasteiger partial charge in [-0.1, -0.05) is 72.8 Å². The van der Waals surface area contributed by atoms with Crippen LogP contribution in [0.5, 0.6) is 0 Å². The Morgan fingerprint density at radius 3 is 1.41 bits per heavy atom. The maximum Gasteiger partial charge on any atom is 0.177 e. The Labute approximate surface area is 158 Å². The van der Waals surface area contributed by atoms with Crippen molar-refractivity contribution in [2.75, 3.05) is 0 Å². The standard InChI is InChI=1S/C23H16N4/c24-16-22-23(17-25)27-21(14-12-19-9-5-2-6-10-19)15-20(26-22)13-11-18-7-3-1-4-8-18/h1-14H,15H2. The molecule has 128 valence electrons. The molecule has 0 spiro atoms. The minimum absolute atomic E-state index is 0.0355. The van der Waals surface area contributed by atoms with Crippen LogP contribution in [0, 0.1) is 22.7 Å². The van der Waals surface area contributed by atoms with E-state index < -0.39 is 0 Å². The van der Waals surface area contributed by atoms with Crippen molar-refractivity contribution in [1.82, 2.24) is 0 Å². The number of benzene rings is 2. The Hall–Kier alpha value is -4.02. The molecule has 0 bridgehead atoms. The van der Waals surface area contributed by atoms with Crippen molar-refractivity contribution in [2.24, 2.45) is 9.98 Å². The zero-order chi connectivity index (χ0) is 18.9. The van der Waals surface area contributed by atoms with Gasteiger partial charge in [-0.15, -0.1) is 0 Å². The average molecular weight is 348 g/mol. The fraction of sp³-hybridized carbons (Fsp3) is 0.0435. The van der Waals surface area contributed by atoms with Crippen molar-refractivity contribution in [3.63, 3.8) is 0 Å². The Morgan fingerprint density at radius 1 is 0.630 bits per heavy atom. The molecule has 0 aromatic heterocycles. The second-order valence-electron chi connectivity index (χ2n) is 5.79. The molecule has 4 nitrogen and oxygen atoms in total. The third-order valence-electron chi connectivity index (χ3n) is 3.84. The van der Waals surface area contributed by atoms with Gasteiger partial charge in [-0.2, -0.15) is 10.5 Å². The van der Waals surface area contributed by atoms with E-state index in [-0.39, 0.29) is 11.4 Å². The third kappa shape index (κ3) is 4.98. The highest BCUT2D eigenvalue weighted by atomic mass is 14.9. The van der Waals surface area contributed by atoms with Gasteiger partial charge in [0, 0.05) is 17.8 Å². The van der Waals surface area contributed by atoms with Gasteiger partial charge in [0.15, 0.2) is 11.4 Å². The van der Waals surface area contributed by atoms with E-state index in [9.17, 15) is 10.5 Å². The lowest BCUT2D eigenvalue weighted by Crippen LogP contribution is -2.02. The SMILES string of the molecule is N#CC1=C(C#N)N=C(C=Cc2ccccc2)CC(C=Cc2ccccc2)=N1. The first-order chi connectivity index (χ1) is 13.3. The van der Waals surface area contributed by atoms with Crippen LogP contribution < -0.4 is 0 Å². The van der Waals surface area contributed by atoms with Gasteiger partial charge < -0.3 is 0 Å². The molecule has 2 aromatic rings. The summed E-state index contributed by atoms with van der Waals surface area (Å²) in [4.78, 5) is 8.69. The smallest absolute Gasteiger partial charge is 0.177 e. The molecule has 2 aromatic carbocycles. The fourth-order valence-electron chi connectivity index (χ4n) is 2.52. The monoisotopic (exact) mass is 348 g/mol. The van der Waals surface area contributed by atoms with Gasteiger partial charge in [0.1, 0.15) is 12.1 Å². The number of nitrogens with zero attached hydrogens (tertiary/aromatic N) is 4. The zero-order valence-electron chi connectivity index (χ0n) is 14.6. The molecule has 0 atom stereocenters. The molecule has 0 amide bonds. The first-order valence-corrected chi connectivity index (χ1v) is 8.44. The van der Waals surface area contributed by atoms with E-state index in [4.69, 9.17) is 0 Å². The van der Waals surface area contributed by atoms with Crippen LogP contribution in [0.4, 0.5) is 0 Å². The van der Waals surface area contributed by atoms with Crippen molar-refractivity contribution in [2.45, 2.75) is 6.42 Å². The molecule has 27 heavy (non-hydrogen) atoms. The summed E-state index contributed by atoms with van der Waals surface area (Å²) in [6, 6.07) is 23.6. The lowest BCUT2D eigenvalue weighted by molar-refractivity contribution is 1.27. The molecule has 0 fully saturated rings. The van der Waals surface area contributed by atoms with Crippen LogP contribution in [0.15, 0.2) is 94.2 Å². The molecular weight excluding hydrogens is 332 g/mol. The average Bonchev–Trinajstić information content (AvgIpc) is 2.91. The fourth-order valence-corrected chi connectivity index (χ4v) is 2.52. The van der Waals surface area contributed by atoms with E-state index in [1.807, 2.05) is 97.1 Å². The van der Waals surface area contributed by atoms with Crippen LogP contribution in [0.3, 0.4) is 0 Å². The summed E-state index contributed by atoms with van der Waals surface area (Å²) >= 11 is 0. The van der Waals surface area contributed by atoms with Crippen LogP contribution in [0.2, 0.25) is 0 Å². The topological polar surface area (TPSA) is 72.3 Å². The largest absolute Gasteiger partial charge is 0.239 e. The first kappa shape index (κ1) is 17.8. The van der Waals surface area contributed by atoms with Gasteiger partial charge in [0.25, 0.3) is 0 Å². The summed E-state index contributed by atoms with van der Waals surface area (Å²) in [7, 11) is 0. The van der Waals surface area contributed by atoms with E-state index in [0.29, 0.717) is 17.8 Å². The van der Waals surface area contributed by atoms with Gasteiger partial charge in [0.05, 0.1) is 0 Å². The molecule has 0 unspecified atom stereocenters. The van der Waals surface area contributed by atoms with Gasteiger partial charge in [-0.05, 0) is 23.3 Å². The minimum Gasteiger partial charge on any atom is -0.239 e. The summed E-state index contributed by atoms with van der Waals surface area (Å²) < 4.78 is 0. The van der Waals surface area contributed by atoms with Crippen molar-refractivity contribution >= 4 is 23.6 Å². The van der Waals surface area contributed by atoms with Crippen LogP contribution in [-0.2, 0) is 0 Å². The van der Waals surface area contributed by atoms with Gasteiger partial charge in [-0.25, -0.2) is 9.98 Å². The van der Waals surface area contributed by atoms with Crippen molar-refractivity contribution < 1.29 is 0 Å². The van der Waals surface area contributed by atoms with Gasteiger partial charge >= 0.3 is 0 Å². The predicted octanol–water partition coefficient (Wildman–Crippen LogP) is 4.96. The van der Waals surface area contributed by atoms with Crippen molar-refractivity contribution in [1.29, 1.82) is 10.5 Å². The Morgan fingerprint density at radius 2 is 1.04 bits per heavy atom. The molecule has 1 aliphatic rings. The number of rotatable bonds is 4. The molecule has 4 heteroatoms. The normalized spacial score (nSPS) is 14.4. The van der Waals surface area contributed by atoms with E-state index in [1.165, 1.54) is 0 Å². The molecular formula is C23H16N4. The third-order valence-corrected chi connectivity index (χ3v) is 3.84. The van der Waals surface area contributed by atoms with E-state index >= 15 is 0 Å². The highest BCUT2D eigenvalue weighted by molar-refractivity contribution is 6.16. The molecule has 0 saturated carbocycles. The maximum absolute atomic E-state index is 9.34. The lowest BCUT2D eigenvalue weighted by atomic mass is 10.1. The lowest BCUT2D eigenvalue weighted by Gasteiger charge is -2.00. The van der Waals surface area contributed by atoms with Crippen LogP contribution in [0.25, 0.3) is 12.2 Å². The minimum atomic E-state index is 0.0355. The second-order valence-corrected chi connectivity index (χ2v) is 5.79. The molecule has 3 rings (SSSR count). The van der Waals surface area contributed by atoms with E-state index in [0.717, 1.165) is 11.1 Å². The second kappa shape index (κ2) is 8.89. The van der Waals surface area contributed by atoms with Gasteiger partial charge in [-0.3, -0.25) is 0 Å². The predicted molar refractivity (Wildman–Crippen MR) is 109 cm³/mol. The van der Waals surface area contributed by atoms with Crippen LogP contribution >= 0.6 is 0 Å². The number of hydrogen-bond donors (Lipinski definition) is 0. The number of hydrogen-bond acceptors (Lipinski definition) is 4. The Kier molecular flexibility index (Phi) is 5.86. The molecule has 0 aliphatic carbocycles. The summed E-state index contributed by atoms with van der Waals surface area (Å²) in [6.45, 7) is 0. The maximum atomic E-state index is 9.34. The number of nitriles is 2. The molecule has 1 heterocycles. The first-order valence-electron chi connectivity index (χ1n) is 8.44. The summed E-state index contributed by atoms with van der Waals surface area (Å²) in [5.74, 6) is 0. The van der Waals surface area contributed by atoms with Crippen molar-refractivity contribution in [3.8, 4) is 12.1 Å². The number of aliphatic imine (C=N–C) groups is 2. The molecule has 0 N–H and O–H groups in total. The van der Waals surface area contributed by atoms with E-state index in [1.54, 1.807) is 0 Å². The summed E-state index contributed by atoms with van der Waals surface area (Å²) in [5.41, 5.74) is 3.49. The highest BCUT2D eigenvalue weighted by Gasteiger charge is 2.13. The zero-order valence-corrected chi connectivity index (χ0v) is 14.6. The van der Waals surface area contributed by atoms with Gasteiger partial charge in [0.2, 0.25) is 0 Å². The molecule has 1 aliphatic heterocycles. The van der Waals surface area contributed by atoms with Crippen molar-refractivity contribution in [3.05, 3.63) is 95.3 Å². The molecule has 0 saturated heterocycles. The quantitative estimate of drug-likeness (QED) is 0.783. The van der Waals surface area contributed by atoms with Crippen LogP contribution in [0.1, 0.15) is 17.5 Å². The number of allylic oxidation sites excluding steroid dienone is 4. The highest BCUT2D eigenvalue weighted by Crippen LogP contribution is 2.16.